The monoisotopic (exact) mass is 329 g/mol. The molecule has 0 bridgehead atoms. The van der Waals surface area contributed by atoms with E-state index in [4.69, 9.17) is 0 Å². The van der Waals surface area contributed by atoms with E-state index in [1.54, 1.807) is 18.1 Å². The van der Waals surface area contributed by atoms with Gasteiger partial charge < -0.3 is 14.8 Å². The molecule has 2 aliphatic heterocycles. The number of nitrogens with zero attached hydrogens (tertiary/aromatic N) is 4. The molecule has 120 valence electrons. The highest BCUT2D eigenvalue weighted by Gasteiger charge is 2.25. The van der Waals surface area contributed by atoms with Crippen molar-refractivity contribution in [2.45, 2.75) is 19.3 Å². The van der Waals surface area contributed by atoms with Crippen molar-refractivity contribution in [1.29, 1.82) is 0 Å². The van der Waals surface area contributed by atoms with Crippen LogP contribution in [0.2, 0.25) is 0 Å². The largest absolute Gasteiger partial charge is 0.346 e. The third-order valence-electron chi connectivity index (χ3n) is 4.32. The number of anilines is 1. The summed E-state index contributed by atoms with van der Waals surface area (Å²) < 4.78 is 0. The highest BCUT2D eigenvalue weighted by atomic mass is 32.2. The Morgan fingerprint density at radius 2 is 2.04 bits per heavy atom. The predicted molar refractivity (Wildman–Crippen MR) is 92.2 cm³/mol. The lowest BCUT2D eigenvalue weighted by atomic mass is 10.1. The first-order valence-corrected chi connectivity index (χ1v) is 9.00. The summed E-state index contributed by atoms with van der Waals surface area (Å²) in [6, 6.07) is 1.98. The van der Waals surface area contributed by atoms with Gasteiger partial charge in [-0.25, -0.2) is 9.97 Å². The molecule has 6 nitrogen and oxygen atoms in total. The smallest absolute Gasteiger partial charge is 0.261 e. The number of thioether (sulfide) groups is 1. The van der Waals surface area contributed by atoms with Crippen LogP contribution in [0.5, 0.6) is 0 Å². The second kappa shape index (κ2) is 6.23. The van der Waals surface area contributed by atoms with Gasteiger partial charge in [-0.2, -0.15) is 0 Å². The van der Waals surface area contributed by atoms with Crippen LogP contribution in [0.15, 0.2) is 29.7 Å². The minimum atomic E-state index is 0.166. The maximum atomic E-state index is 12.7. The summed E-state index contributed by atoms with van der Waals surface area (Å²) in [6.07, 6.45) is 8.85. The number of likely N-dealkylation sites (tertiary alicyclic amines) is 1. The van der Waals surface area contributed by atoms with Crippen LogP contribution in [0.4, 0.5) is 5.82 Å². The van der Waals surface area contributed by atoms with Gasteiger partial charge in [-0.15, -0.1) is 11.8 Å². The maximum absolute atomic E-state index is 12.7. The van der Waals surface area contributed by atoms with Gasteiger partial charge in [-0.3, -0.25) is 4.79 Å². The van der Waals surface area contributed by atoms with Crippen molar-refractivity contribution in [3.8, 4) is 0 Å². The molecule has 1 saturated heterocycles. The lowest BCUT2D eigenvalue weighted by Crippen LogP contribution is -2.38. The van der Waals surface area contributed by atoms with Gasteiger partial charge >= 0.3 is 0 Å². The van der Waals surface area contributed by atoms with Crippen LogP contribution in [0.1, 0.15) is 19.3 Å². The Hall–Kier alpha value is -2.02. The van der Waals surface area contributed by atoms with Gasteiger partial charge in [0, 0.05) is 37.8 Å². The molecule has 2 aliphatic rings. The van der Waals surface area contributed by atoms with E-state index in [0.29, 0.717) is 0 Å². The van der Waals surface area contributed by atoms with Gasteiger partial charge in [0.25, 0.3) is 5.91 Å². The van der Waals surface area contributed by atoms with E-state index in [9.17, 15) is 4.79 Å². The van der Waals surface area contributed by atoms with Gasteiger partial charge in [0.1, 0.15) is 17.8 Å². The molecule has 7 heteroatoms. The molecule has 1 fully saturated rings. The van der Waals surface area contributed by atoms with Crippen molar-refractivity contribution >= 4 is 34.5 Å². The maximum Gasteiger partial charge on any atom is 0.261 e. The number of carbonyl (C=O) groups is 1. The van der Waals surface area contributed by atoms with Gasteiger partial charge in [0.15, 0.2) is 0 Å². The first kappa shape index (κ1) is 14.6. The van der Waals surface area contributed by atoms with Gasteiger partial charge in [-0.05, 0) is 25.3 Å². The zero-order valence-corrected chi connectivity index (χ0v) is 13.7. The van der Waals surface area contributed by atoms with E-state index in [-0.39, 0.29) is 5.91 Å². The predicted octanol–water partition coefficient (Wildman–Crippen LogP) is 2.37. The molecule has 0 aromatic carbocycles. The second-order valence-electron chi connectivity index (χ2n) is 5.83. The molecular formula is C16H19N5OS. The normalized spacial score (nSPS) is 19.0. The molecule has 0 saturated carbocycles. The Kier molecular flexibility index (Phi) is 3.95. The molecular weight excluding hydrogens is 310 g/mol. The minimum Gasteiger partial charge on any atom is -0.346 e. The van der Waals surface area contributed by atoms with Crippen molar-refractivity contribution in [3.63, 3.8) is 0 Å². The summed E-state index contributed by atoms with van der Waals surface area (Å²) in [6.45, 7) is 2.61. The Labute approximate surface area is 139 Å². The zero-order chi connectivity index (χ0) is 15.6. The van der Waals surface area contributed by atoms with E-state index in [0.717, 1.165) is 60.0 Å². The van der Waals surface area contributed by atoms with E-state index < -0.39 is 0 Å². The molecule has 23 heavy (non-hydrogen) atoms. The highest BCUT2D eigenvalue weighted by Crippen LogP contribution is 2.30. The SMILES string of the molecule is O=C(C1=CN(c2ncnc3[nH]ccc23)CCS1)N1CCCCC1. The van der Waals surface area contributed by atoms with Crippen molar-refractivity contribution < 1.29 is 4.79 Å². The number of H-pyrrole nitrogens is 1. The standard InChI is InChI=1S/C16H19N5OS/c22-16(20-6-2-1-3-7-20)13-10-21(8-9-23-13)15-12-4-5-17-14(12)18-11-19-15/h4-5,10-11H,1-3,6-9H2,(H,17,18,19). The summed E-state index contributed by atoms with van der Waals surface area (Å²) in [5.74, 6) is 1.92. The van der Waals surface area contributed by atoms with Crippen molar-refractivity contribution in [1.82, 2.24) is 19.9 Å². The molecule has 4 heterocycles. The average molecular weight is 329 g/mol. The van der Waals surface area contributed by atoms with Crippen LogP contribution >= 0.6 is 11.8 Å². The van der Waals surface area contributed by atoms with Crippen LogP contribution in [-0.2, 0) is 4.79 Å². The first-order chi connectivity index (χ1) is 11.3. The molecule has 1 N–H and O–H groups in total. The van der Waals surface area contributed by atoms with E-state index in [1.807, 2.05) is 23.4 Å². The number of nitrogens with one attached hydrogen (secondary N) is 1. The number of rotatable bonds is 2. The lowest BCUT2D eigenvalue weighted by molar-refractivity contribution is -0.127. The highest BCUT2D eigenvalue weighted by molar-refractivity contribution is 8.04. The lowest BCUT2D eigenvalue weighted by Gasteiger charge is -2.30. The van der Waals surface area contributed by atoms with Crippen molar-refractivity contribution in [3.05, 3.63) is 29.7 Å². The summed E-state index contributed by atoms with van der Waals surface area (Å²) in [5.41, 5.74) is 0.825. The third-order valence-corrected chi connectivity index (χ3v) is 5.30. The minimum absolute atomic E-state index is 0.166. The quantitative estimate of drug-likeness (QED) is 0.916. The fourth-order valence-corrected chi connectivity index (χ4v) is 4.08. The Balaban J connectivity index is 1.62. The van der Waals surface area contributed by atoms with E-state index >= 15 is 0 Å². The summed E-state index contributed by atoms with van der Waals surface area (Å²) in [7, 11) is 0. The van der Waals surface area contributed by atoms with Gasteiger partial charge in [0.2, 0.25) is 0 Å². The van der Waals surface area contributed by atoms with Crippen LogP contribution < -0.4 is 4.90 Å². The molecule has 0 aliphatic carbocycles. The Morgan fingerprint density at radius 1 is 1.17 bits per heavy atom. The van der Waals surface area contributed by atoms with Crippen LogP contribution in [-0.4, -0.2) is 51.1 Å². The number of hydrogen-bond acceptors (Lipinski definition) is 5. The number of aromatic nitrogens is 3. The van der Waals surface area contributed by atoms with Gasteiger partial charge in [0.05, 0.1) is 10.3 Å². The number of aromatic amines is 1. The Morgan fingerprint density at radius 3 is 2.91 bits per heavy atom. The molecule has 0 radical (unpaired) electrons. The first-order valence-electron chi connectivity index (χ1n) is 8.01. The number of piperidine rings is 1. The molecule has 0 unspecified atom stereocenters. The van der Waals surface area contributed by atoms with E-state index in [2.05, 4.69) is 19.9 Å². The average Bonchev–Trinajstić information content (AvgIpc) is 3.10. The number of hydrogen-bond donors (Lipinski definition) is 1. The number of amides is 1. The summed E-state index contributed by atoms with van der Waals surface area (Å²) in [5, 5.41) is 0.987. The van der Waals surface area contributed by atoms with Crippen molar-refractivity contribution in [2.24, 2.45) is 0 Å². The summed E-state index contributed by atoms with van der Waals surface area (Å²) in [4.78, 5) is 29.4. The van der Waals surface area contributed by atoms with E-state index in [1.165, 1.54) is 6.42 Å². The number of carbonyl (C=O) groups excluding carboxylic acids is 1. The van der Waals surface area contributed by atoms with Crippen LogP contribution in [0.25, 0.3) is 11.0 Å². The van der Waals surface area contributed by atoms with Crippen LogP contribution in [0, 0.1) is 0 Å². The van der Waals surface area contributed by atoms with Crippen molar-refractivity contribution in [2.75, 3.05) is 30.3 Å². The fourth-order valence-electron chi connectivity index (χ4n) is 3.12. The Bertz CT molecular complexity index is 750. The molecule has 1 amide bonds. The molecule has 2 aromatic rings. The number of fused-ring (bicyclic) bond motifs is 1. The third kappa shape index (κ3) is 2.81. The topological polar surface area (TPSA) is 65.1 Å². The molecule has 0 atom stereocenters. The molecule has 2 aromatic heterocycles. The zero-order valence-electron chi connectivity index (χ0n) is 12.9. The summed E-state index contributed by atoms with van der Waals surface area (Å²) >= 11 is 1.65. The molecule has 0 spiro atoms. The second-order valence-corrected chi connectivity index (χ2v) is 6.96. The fraction of sp³-hybridized carbons (Fsp3) is 0.438. The molecule has 4 rings (SSSR count). The van der Waals surface area contributed by atoms with Gasteiger partial charge in [-0.1, -0.05) is 0 Å². The van der Waals surface area contributed by atoms with Crippen LogP contribution in [0.3, 0.4) is 0 Å².